The first-order chi connectivity index (χ1) is 11.2. The molecule has 0 radical (unpaired) electrons. The fourth-order valence-electron chi connectivity index (χ4n) is 2.79. The molecule has 0 spiro atoms. The maximum Gasteiger partial charge on any atom is 0.114 e. The number of aromatic nitrogens is 4. The molecule has 0 unspecified atom stereocenters. The summed E-state index contributed by atoms with van der Waals surface area (Å²) in [5.41, 5.74) is 17.4. The molecule has 0 aliphatic heterocycles. The highest BCUT2D eigenvalue weighted by Gasteiger charge is 2.08. The number of imidazole rings is 2. The zero-order valence-corrected chi connectivity index (χ0v) is 12.6. The molecule has 116 valence electrons. The van der Waals surface area contributed by atoms with Gasteiger partial charge in [-0.2, -0.15) is 0 Å². The molecule has 0 aliphatic carbocycles. The first-order valence-electron chi connectivity index (χ1n) is 7.60. The monoisotopic (exact) mass is 306 g/mol. The van der Waals surface area contributed by atoms with Crippen molar-refractivity contribution in [2.75, 3.05) is 0 Å². The lowest BCUT2D eigenvalue weighted by molar-refractivity contribution is 0.960. The van der Waals surface area contributed by atoms with Gasteiger partial charge in [-0.05, 0) is 35.4 Å². The normalized spacial score (nSPS) is 11.6. The van der Waals surface area contributed by atoms with Gasteiger partial charge in [0.1, 0.15) is 11.6 Å². The van der Waals surface area contributed by atoms with E-state index in [-0.39, 0.29) is 0 Å². The standard InChI is InChI=1S/C17H18N6/c18-8-10-1-3-12-14(5-10)22-16(20-12)7-17-21-13-4-2-11(9-19)6-15(13)23-17/h1-6H,7-9,18-19H2,(H,20,22)(H,21,23). The van der Waals surface area contributed by atoms with Gasteiger partial charge in [-0.15, -0.1) is 0 Å². The van der Waals surface area contributed by atoms with Crippen molar-refractivity contribution in [3.8, 4) is 0 Å². The molecule has 0 atom stereocenters. The average molecular weight is 306 g/mol. The fraction of sp³-hybridized carbons (Fsp3) is 0.176. The average Bonchev–Trinajstić information content (AvgIpc) is 3.15. The number of aromatic amines is 2. The molecule has 6 heteroatoms. The first-order valence-corrected chi connectivity index (χ1v) is 7.60. The number of nitrogens with zero attached hydrogens (tertiary/aromatic N) is 2. The Morgan fingerprint density at radius 3 is 2.17 bits per heavy atom. The minimum absolute atomic E-state index is 0.519. The Labute approximate surface area is 132 Å². The molecule has 0 aliphatic rings. The lowest BCUT2D eigenvalue weighted by Gasteiger charge is -1.94. The van der Waals surface area contributed by atoms with Gasteiger partial charge in [0.25, 0.3) is 0 Å². The van der Waals surface area contributed by atoms with E-state index in [1.807, 2.05) is 36.4 Å². The molecule has 0 saturated carbocycles. The van der Waals surface area contributed by atoms with E-state index in [2.05, 4.69) is 19.9 Å². The van der Waals surface area contributed by atoms with Crippen LogP contribution in [0.1, 0.15) is 22.8 Å². The van der Waals surface area contributed by atoms with Gasteiger partial charge in [-0.25, -0.2) is 9.97 Å². The quantitative estimate of drug-likeness (QED) is 0.462. The Balaban J connectivity index is 1.66. The summed E-state index contributed by atoms with van der Waals surface area (Å²) in [5, 5.41) is 0. The number of rotatable bonds is 4. The number of nitrogens with two attached hydrogens (primary N) is 2. The van der Waals surface area contributed by atoms with Crippen LogP contribution in [0.25, 0.3) is 22.1 Å². The minimum atomic E-state index is 0.519. The molecule has 2 aromatic carbocycles. The Kier molecular flexibility index (Phi) is 3.33. The first kappa shape index (κ1) is 13.9. The van der Waals surface area contributed by atoms with Gasteiger partial charge >= 0.3 is 0 Å². The van der Waals surface area contributed by atoms with Gasteiger partial charge in [-0.3, -0.25) is 0 Å². The Morgan fingerprint density at radius 2 is 1.39 bits per heavy atom. The van der Waals surface area contributed by atoms with E-state index in [4.69, 9.17) is 11.5 Å². The highest BCUT2D eigenvalue weighted by atomic mass is 15.0. The lowest BCUT2D eigenvalue weighted by atomic mass is 10.2. The number of H-pyrrole nitrogens is 2. The molecule has 0 amide bonds. The van der Waals surface area contributed by atoms with Crippen LogP contribution in [0.15, 0.2) is 36.4 Å². The van der Waals surface area contributed by atoms with E-state index < -0.39 is 0 Å². The van der Waals surface area contributed by atoms with Gasteiger partial charge < -0.3 is 21.4 Å². The van der Waals surface area contributed by atoms with Crippen molar-refractivity contribution in [3.05, 3.63) is 59.2 Å². The summed E-state index contributed by atoms with van der Waals surface area (Å²) in [5.74, 6) is 1.76. The molecular weight excluding hydrogens is 288 g/mol. The van der Waals surface area contributed by atoms with Crippen molar-refractivity contribution in [3.63, 3.8) is 0 Å². The smallest absolute Gasteiger partial charge is 0.114 e. The van der Waals surface area contributed by atoms with Crippen LogP contribution < -0.4 is 11.5 Å². The number of hydrogen-bond acceptors (Lipinski definition) is 4. The third-order valence-electron chi connectivity index (χ3n) is 4.00. The summed E-state index contributed by atoms with van der Waals surface area (Å²) in [7, 11) is 0. The zero-order chi connectivity index (χ0) is 15.8. The Hall–Kier alpha value is -2.70. The van der Waals surface area contributed by atoms with Crippen LogP contribution in [-0.4, -0.2) is 19.9 Å². The van der Waals surface area contributed by atoms with Crippen LogP contribution in [0.2, 0.25) is 0 Å². The van der Waals surface area contributed by atoms with Crippen molar-refractivity contribution < 1.29 is 0 Å². The zero-order valence-electron chi connectivity index (χ0n) is 12.6. The third-order valence-corrected chi connectivity index (χ3v) is 4.00. The topological polar surface area (TPSA) is 109 Å². The molecule has 6 nitrogen and oxygen atoms in total. The molecule has 0 fully saturated rings. The predicted octanol–water partition coefficient (Wildman–Crippen LogP) is 1.95. The van der Waals surface area contributed by atoms with Crippen molar-refractivity contribution in [1.29, 1.82) is 0 Å². The second kappa shape index (κ2) is 5.49. The Morgan fingerprint density at radius 1 is 0.739 bits per heavy atom. The highest BCUT2D eigenvalue weighted by molar-refractivity contribution is 5.77. The van der Waals surface area contributed by atoms with Crippen LogP contribution in [0.5, 0.6) is 0 Å². The summed E-state index contributed by atoms with van der Waals surface area (Å²) in [6.45, 7) is 1.04. The molecule has 2 aromatic heterocycles. The van der Waals surface area contributed by atoms with E-state index in [1.165, 1.54) is 0 Å². The summed E-state index contributed by atoms with van der Waals surface area (Å²) >= 11 is 0. The van der Waals surface area contributed by atoms with Crippen LogP contribution in [0.4, 0.5) is 0 Å². The van der Waals surface area contributed by atoms with Gasteiger partial charge in [-0.1, -0.05) is 12.1 Å². The van der Waals surface area contributed by atoms with Crippen molar-refractivity contribution >= 4 is 22.1 Å². The summed E-state index contributed by atoms with van der Waals surface area (Å²) < 4.78 is 0. The highest BCUT2D eigenvalue weighted by Crippen LogP contribution is 2.17. The van der Waals surface area contributed by atoms with Gasteiger partial charge in [0, 0.05) is 13.1 Å². The van der Waals surface area contributed by atoms with Gasteiger partial charge in [0.05, 0.1) is 28.5 Å². The summed E-state index contributed by atoms with van der Waals surface area (Å²) in [4.78, 5) is 15.9. The number of fused-ring (bicyclic) bond motifs is 2. The van der Waals surface area contributed by atoms with Crippen LogP contribution >= 0.6 is 0 Å². The molecule has 23 heavy (non-hydrogen) atoms. The molecule has 6 N–H and O–H groups in total. The fourth-order valence-corrected chi connectivity index (χ4v) is 2.79. The number of benzene rings is 2. The Bertz CT molecular complexity index is 901. The van der Waals surface area contributed by atoms with E-state index in [0.717, 1.165) is 44.8 Å². The van der Waals surface area contributed by atoms with Crippen molar-refractivity contribution in [2.24, 2.45) is 11.5 Å². The predicted molar refractivity (Wildman–Crippen MR) is 90.8 cm³/mol. The molecule has 4 rings (SSSR count). The maximum atomic E-state index is 5.68. The van der Waals surface area contributed by atoms with E-state index in [9.17, 15) is 0 Å². The van der Waals surface area contributed by atoms with Crippen molar-refractivity contribution in [1.82, 2.24) is 19.9 Å². The van der Waals surface area contributed by atoms with Gasteiger partial charge in [0.15, 0.2) is 0 Å². The van der Waals surface area contributed by atoms with E-state index >= 15 is 0 Å². The van der Waals surface area contributed by atoms with Crippen LogP contribution in [-0.2, 0) is 19.5 Å². The minimum Gasteiger partial charge on any atom is -0.342 e. The number of hydrogen-bond donors (Lipinski definition) is 4. The third kappa shape index (κ3) is 2.58. The largest absolute Gasteiger partial charge is 0.342 e. The molecule has 4 aromatic rings. The van der Waals surface area contributed by atoms with Crippen LogP contribution in [0.3, 0.4) is 0 Å². The summed E-state index contributed by atoms with van der Waals surface area (Å²) in [6, 6.07) is 12.1. The lowest BCUT2D eigenvalue weighted by Crippen LogP contribution is -1.95. The molecule has 0 saturated heterocycles. The SMILES string of the molecule is NCc1ccc2[nH]c(Cc3nc4ccc(CN)cc4[nH]3)nc2c1. The van der Waals surface area contributed by atoms with Crippen molar-refractivity contribution in [2.45, 2.75) is 19.5 Å². The second-order valence-corrected chi connectivity index (χ2v) is 5.66. The summed E-state index contributed by atoms with van der Waals surface area (Å²) in [6.07, 6.45) is 0.624. The molecule has 0 bridgehead atoms. The second-order valence-electron chi connectivity index (χ2n) is 5.66. The number of nitrogens with one attached hydrogen (secondary N) is 2. The maximum absolute atomic E-state index is 5.68. The van der Waals surface area contributed by atoms with Gasteiger partial charge in [0.2, 0.25) is 0 Å². The molecular formula is C17H18N6. The van der Waals surface area contributed by atoms with Crippen LogP contribution in [0, 0.1) is 0 Å². The van der Waals surface area contributed by atoms with E-state index in [1.54, 1.807) is 0 Å². The molecule has 2 heterocycles. The van der Waals surface area contributed by atoms with E-state index in [0.29, 0.717) is 19.5 Å².